The second-order valence-electron chi connectivity index (χ2n) is 10.3. The number of methoxy groups -OCH3 is 1. The molecule has 3 atom stereocenters. The van der Waals surface area contributed by atoms with Crippen molar-refractivity contribution in [2.75, 3.05) is 51.4 Å². The van der Waals surface area contributed by atoms with Gasteiger partial charge >= 0.3 is 0 Å². The van der Waals surface area contributed by atoms with Gasteiger partial charge in [0.2, 0.25) is 0 Å². The molecule has 0 aliphatic carbocycles. The lowest BCUT2D eigenvalue weighted by atomic mass is 9.87. The first kappa shape index (κ1) is 21.5. The Morgan fingerprint density at radius 1 is 1.15 bits per heavy atom. The van der Waals surface area contributed by atoms with Crippen LogP contribution >= 0.6 is 0 Å². The first-order chi connectivity index (χ1) is 21.7. The molecule has 0 amide bonds. The van der Waals surface area contributed by atoms with E-state index in [1.54, 1.807) is 49.8 Å². The van der Waals surface area contributed by atoms with Crippen molar-refractivity contribution >= 4 is 11.3 Å². The van der Waals surface area contributed by atoms with E-state index in [9.17, 15) is 5.26 Å². The van der Waals surface area contributed by atoms with E-state index in [0.29, 0.717) is 72.3 Å². The van der Waals surface area contributed by atoms with Gasteiger partial charge in [-0.3, -0.25) is 9.88 Å². The molecular weight excluding hydrogens is 520 g/mol. The molecule has 1 aromatic carbocycles. The highest BCUT2D eigenvalue weighted by atomic mass is 16.5. The van der Waals surface area contributed by atoms with Crippen molar-refractivity contribution in [3.05, 3.63) is 66.2 Å². The normalized spacial score (nSPS) is 24.4. The van der Waals surface area contributed by atoms with Gasteiger partial charge in [0.25, 0.3) is 0 Å². The number of benzene rings is 1. The molecule has 4 saturated heterocycles. The maximum absolute atomic E-state index is 9.74. The fraction of sp³-hybridized carbons (Fsp3) is 0.400. The van der Waals surface area contributed by atoms with Crippen molar-refractivity contribution < 1.29 is 19.7 Å². The summed E-state index contributed by atoms with van der Waals surface area (Å²) in [5.74, 6) is 1.57. The third-order valence-corrected chi connectivity index (χ3v) is 7.72. The number of hydrogen-bond acceptors (Lipinski definition) is 10. The summed E-state index contributed by atoms with van der Waals surface area (Å²) in [5.41, 5.74) is 2.45. The summed E-state index contributed by atoms with van der Waals surface area (Å²) in [7, 11) is 1.59. The number of anilines is 1. The van der Waals surface area contributed by atoms with E-state index in [2.05, 4.69) is 21.4 Å². The summed E-state index contributed by atoms with van der Waals surface area (Å²) < 4.78 is 52.9. The van der Waals surface area contributed by atoms with Gasteiger partial charge in [-0.15, -0.1) is 0 Å². The molecule has 0 saturated carbocycles. The number of nitriles is 1. The second kappa shape index (κ2) is 11.0. The van der Waals surface area contributed by atoms with Crippen molar-refractivity contribution in [2.24, 2.45) is 0 Å². The van der Waals surface area contributed by atoms with Gasteiger partial charge in [-0.25, -0.2) is 9.50 Å². The molecule has 0 radical (unpaired) electrons. The Hall–Kier alpha value is -4.24. The van der Waals surface area contributed by atoms with Crippen molar-refractivity contribution in [2.45, 2.75) is 31.1 Å². The van der Waals surface area contributed by atoms with Crippen molar-refractivity contribution in [1.82, 2.24) is 29.8 Å². The maximum atomic E-state index is 9.74. The molecule has 11 heteroatoms. The maximum Gasteiger partial charge on any atom is 0.147 e. The number of rotatable bonds is 8. The van der Waals surface area contributed by atoms with Crippen LogP contribution < -0.4 is 19.7 Å². The first-order valence-corrected chi connectivity index (χ1v) is 13.6. The van der Waals surface area contributed by atoms with Gasteiger partial charge in [0, 0.05) is 53.1 Å². The number of morpholine rings is 1. The molecule has 1 N–H and O–H groups in total. The molecule has 2 bridgehead atoms. The standard InChI is InChI=1S/C30H32N8O3/c1-39-24-4-2-20(3-5-24)15-37-22-8-23(37)17-36(16-22)29-14-33-28(13-34-29)27-9-25(41-19-26-12-32-6-7-40-26)18-38-30(27)21(10-31)11-35-38/h2-5,9,11,13-14,18,22-23,26,32H,6-8,12,15-17,19H2,1H3/i15D2,19D2. The predicted molar refractivity (Wildman–Crippen MR) is 152 cm³/mol. The van der Waals surface area contributed by atoms with E-state index in [1.807, 2.05) is 4.90 Å². The first-order valence-electron chi connectivity index (χ1n) is 15.6. The predicted octanol–water partition coefficient (Wildman–Crippen LogP) is 2.50. The highest BCUT2D eigenvalue weighted by molar-refractivity contribution is 5.83. The zero-order chi connectivity index (χ0) is 31.3. The van der Waals surface area contributed by atoms with Crippen LogP contribution in [0.4, 0.5) is 5.82 Å². The number of fused-ring (bicyclic) bond motifs is 3. The van der Waals surface area contributed by atoms with Crippen LogP contribution in [0.1, 0.15) is 23.0 Å². The number of nitrogens with zero attached hydrogens (tertiary/aromatic N) is 7. The number of aromatic nitrogens is 4. The minimum atomic E-state index is -2.12. The second-order valence-corrected chi connectivity index (χ2v) is 10.3. The van der Waals surface area contributed by atoms with Crippen LogP contribution in [0.5, 0.6) is 11.5 Å². The smallest absolute Gasteiger partial charge is 0.147 e. The van der Waals surface area contributed by atoms with Crippen LogP contribution in [0.3, 0.4) is 0 Å². The lowest BCUT2D eigenvalue weighted by molar-refractivity contribution is -0.00870. The summed E-state index contributed by atoms with van der Waals surface area (Å²) in [6.45, 7) is -1.15. The van der Waals surface area contributed by atoms with Crippen LogP contribution in [0.2, 0.25) is 0 Å². The Morgan fingerprint density at radius 3 is 2.71 bits per heavy atom. The number of piperidine rings is 1. The quantitative estimate of drug-likeness (QED) is 0.347. The van der Waals surface area contributed by atoms with E-state index >= 15 is 0 Å². The number of hydrogen-bond donors (Lipinski definition) is 1. The van der Waals surface area contributed by atoms with Crippen LogP contribution in [-0.2, 0) is 11.2 Å². The third-order valence-electron chi connectivity index (χ3n) is 7.72. The molecular formula is C30H32N8O3. The highest BCUT2D eigenvalue weighted by Gasteiger charge is 2.44. The zero-order valence-electron chi connectivity index (χ0n) is 26.5. The SMILES string of the molecule is [2H]C([2H])(Oc1cc(-c2cnc(N3CC4CC(C3)N4C([2H])([2H])c3ccc(OC)cc3)cn2)c2c(C#N)cnn2c1)C1CNCCO1. The molecule has 4 fully saturated rings. The van der Waals surface area contributed by atoms with Crippen LogP contribution in [0.15, 0.2) is 55.1 Å². The molecule has 3 unspecified atom stereocenters. The van der Waals surface area contributed by atoms with Crippen molar-refractivity contribution in [3.8, 4) is 28.8 Å². The average molecular weight is 557 g/mol. The molecule has 0 spiro atoms. The zero-order valence-corrected chi connectivity index (χ0v) is 22.5. The molecule has 4 aliphatic rings. The van der Waals surface area contributed by atoms with E-state index in [0.717, 1.165) is 6.42 Å². The van der Waals surface area contributed by atoms with E-state index in [-0.39, 0.29) is 17.8 Å². The monoisotopic (exact) mass is 556 g/mol. The molecule has 8 rings (SSSR count). The summed E-state index contributed by atoms with van der Waals surface area (Å²) in [5, 5.41) is 17.2. The molecule has 210 valence electrons. The number of piperazine rings is 1. The van der Waals surface area contributed by atoms with E-state index < -0.39 is 19.2 Å². The molecule has 11 nitrogen and oxygen atoms in total. The molecule has 7 heterocycles. The lowest BCUT2D eigenvalue weighted by Gasteiger charge is -2.56. The van der Waals surface area contributed by atoms with E-state index in [1.165, 1.54) is 16.9 Å². The van der Waals surface area contributed by atoms with Gasteiger partial charge in [0.05, 0.1) is 58.0 Å². The summed E-state index contributed by atoms with van der Waals surface area (Å²) in [4.78, 5) is 13.5. The fourth-order valence-corrected chi connectivity index (χ4v) is 5.62. The largest absolute Gasteiger partial charge is 0.497 e. The van der Waals surface area contributed by atoms with Crippen LogP contribution in [-0.4, -0.2) is 89.1 Å². The van der Waals surface area contributed by atoms with Crippen molar-refractivity contribution in [1.29, 1.82) is 5.26 Å². The van der Waals surface area contributed by atoms with Crippen LogP contribution in [0, 0.1) is 11.3 Å². The number of ether oxygens (including phenoxy) is 3. The Morgan fingerprint density at radius 2 is 2.00 bits per heavy atom. The number of nitrogens with one attached hydrogen (secondary N) is 1. The lowest BCUT2D eigenvalue weighted by Crippen LogP contribution is -2.68. The average Bonchev–Trinajstić information content (AvgIpc) is 3.47. The Labute approximate surface area is 243 Å². The summed E-state index contributed by atoms with van der Waals surface area (Å²) in [6.07, 6.45) is 6.40. The molecule has 4 aromatic rings. The van der Waals surface area contributed by atoms with Gasteiger partial charge in [-0.1, -0.05) is 12.1 Å². The Balaban J connectivity index is 1.11. The minimum Gasteiger partial charge on any atom is -0.497 e. The molecule has 4 aliphatic heterocycles. The van der Waals surface area contributed by atoms with Gasteiger partial charge in [0.1, 0.15) is 36.0 Å². The minimum absolute atomic E-state index is 0.0270. The fourth-order valence-electron chi connectivity index (χ4n) is 5.62. The Bertz CT molecular complexity index is 1730. The van der Waals surface area contributed by atoms with E-state index in [4.69, 9.17) is 29.7 Å². The van der Waals surface area contributed by atoms with Crippen molar-refractivity contribution in [3.63, 3.8) is 0 Å². The topological polar surface area (TPSA) is 113 Å². The summed E-state index contributed by atoms with van der Waals surface area (Å²) in [6, 6.07) is 11.0. The Kier molecular flexibility index (Phi) is 5.75. The number of pyridine rings is 1. The van der Waals surface area contributed by atoms with Gasteiger partial charge in [-0.2, -0.15) is 10.4 Å². The highest BCUT2D eigenvalue weighted by Crippen LogP contribution is 2.36. The molecule has 41 heavy (non-hydrogen) atoms. The van der Waals surface area contributed by atoms with Gasteiger partial charge in [0.15, 0.2) is 0 Å². The third kappa shape index (κ3) is 5.06. The van der Waals surface area contributed by atoms with Gasteiger partial charge < -0.3 is 24.4 Å². The van der Waals surface area contributed by atoms with Gasteiger partial charge in [-0.05, 0) is 30.2 Å². The summed E-state index contributed by atoms with van der Waals surface area (Å²) >= 11 is 0. The van der Waals surface area contributed by atoms with Crippen LogP contribution in [0.25, 0.3) is 16.8 Å². The molecule has 3 aromatic heterocycles.